The van der Waals surface area contributed by atoms with E-state index in [4.69, 9.17) is 10.7 Å². The SMILES string of the molecule is CC(C)CC1CCCC(N)(Cc2nc3ccccc3s2)C1. The van der Waals surface area contributed by atoms with Crippen LogP contribution in [0.15, 0.2) is 24.3 Å². The maximum atomic E-state index is 6.75. The third-order valence-electron chi connectivity index (χ3n) is 4.63. The van der Waals surface area contributed by atoms with Gasteiger partial charge in [0.15, 0.2) is 0 Å². The lowest BCUT2D eigenvalue weighted by molar-refractivity contribution is 0.200. The molecule has 114 valence electrons. The molecule has 0 saturated heterocycles. The fraction of sp³-hybridized carbons (Fsp3) is 0.611. The average molecular weight is 302 g/mol. The summed E-state index contributed by atoms with van der Waals surface area (Å²) in [6.45, 7) is 4.64. The Kier molecular flexibility index (Phi) is 4.32. The summed E-state index contributed by atoms with van der Waals surface area (Å²) in [5.74, 6) is 1.58. The van der Waals surface area contributed by atoms with Crippen LogP contribution < -0.4 is 5.73 Å². The number of thiazole rings is 1. The third kappa shape index (κ3) is 3.64. The molecule has 21 heavy (non-hydrogen) atoms. The summed E-state index contributed by atoms with van der Waals surface area (Å²) in [7, 11) is 0. The lowest BCUT2D eigenvalue weighted by Gasteiger charge is -2.38. The highest BCUT2D eigenvalue weighted by Crippen LogP contribution is 2.37. The lowest BCUT2D eigenvalue weighted by atomic mass is 9.72. The maximum Gasteiger partial charge on any atom is 0.0956 e. The van der Waals surface area contributed by atoms with Crippen LogP contribution in [0.5, 0.6) is 0 Å². The summed E-state index contributed by atoms with van der Waals surface area (Å²) in [6, 6.07) is 8.40. The molecule has 1 fully saturated rings. The number of aromatic nitrogens is 1. The van der Waals surface area contributed by atoms with Gasteiger partial charge in [-0.1, -0.05) is 38.8 Å². The van der Waals surface area contributed by atoms with E-state index < -0.39 is 0 Å². The van der Waals surface area contributed by atoms with Crippen LogP contribution in [0.4, 0.5) is 0 Å². The smallest absolute Gasteiger partial charge is 0.0956 e. The highest BCUT2D eigenvalue weighted by Gasteiger charge is 2.33. The molecule has 1 aliphatic rings. The normalized spacial score (nSPS) is 26.6. The van der Waals surface area contributed by atoms with Crippen LogP contribution in [-0.4, -0.2) is 10.5 Å². The van der Waals surface area contributed by atoms with E-state index in [0.29, 0.717) is 0 Å². The Morgan fingerprint density at radius 3 is 2.95 bits per heavy atom. The number of nitrogens with zero attached hydrogens (tertiary/aromatic N) is 1. The molecule has 2 unspecified atom stereocenters. The van der Waals surface area contributed by atoms with E-state index in [1.807, 2.05) is 11.3 Å². The van der Waals surface area contributed by atoms with Gasteiger partial charge in [-0.2, -0.15) is 0 Å². The minimum absolute atomic E-state index is 0.0360. The van der Waals surface area contributed by atoms with Gasteiger partial charge in [0.1, 0.15) is 0 Å². The number of hydrogen-bond donors (Lipinski definition) is 1. The molecule has 1 heterocycles. The number of para-hydroxylation sites is 1. The van der Waals surface area contributed by atoms with Crippen molar-refractivity contribution in [3.8, 4) is 0 Å². The standard InChI is InChI=1S/C18H26N2S/c1-13(2)10-14-6-5-9-18(19,11-14)12-17-20-15-7-3-4-8-16(15)21-17/h3-4,7-8,13-14H,5-6,9-12,19H2,1-2H3. The van der Waals surface area contributed by atoms with E-state index in [-0.39, 0.29) is 5.54 Å². The molecule has 0 bridgehead atoms. The number of rotatable bonds is 4. The van der Waals surface area contributed by atoms with Gasteiger partial charge >= 0.3 is 0 Å². The second kappa shape index (κ2) is 6.05. The minimum Gasteiger partial charge on any atom is -0.325 e. The molecule has 3 rings (SSSR count). The van der Waals surface area contributed by atoms with Crippen LogP contribution >= 0.6 is 11.3 Å². The van der Waals surface area contributed by atoms with Crippen LogP contribution in [0.1, 0.15) is 51.0 Å². The quantitative estimate of drug-likeness (QED) is 0.883. The van der Waals surface area contributed by atoms with Crippen molar-refractivity contribution in [3.63, 3.8) is 0 Å². The molecular weight excluding hydrogens is 276 g/mol. The fourth-order valence-corrected chi connectivity index (χ4v) is 4.97. The molecule has 1 aromatic heterocycles. The second-order valence-electron chi connectivity index (χ2n) is 7.21. The van der Waals surface area contributed by atoms with Crippen molar-refractivity contribution >= 4 is 21.6 Å². The van der Waals surface area contributed by atoms with E-state index >= 15 is 0 Å². The number of benzene rings is 1. The first-order valence-corrected chi connectivity index (χ1v) is 8.99. The molecule has 2 nitrogen and oxygen atoms in total. The topological polar surface area (TPSA) is 38.9 Å². The van der Waals surface area contributed by atoms with Gasteiger partial charge in [-0.25, -0.2) is 4.98 Å². The zero-order valence-corrected chi connectivity index (χ0v) is 14.0. The first kappa shape index (κ1) is 15.0. The molecule has 3 heteroatoms. The minimum atomic E-state index is -0.0360. The molecule has 2 aromatic rings. The molecule has 1 aliphatic carbocycles. The van der Waals surface area contributed by atoms with E-state index in [2.05, 4.69) is 38.1 Å². The van der Waals surface area contributed by atoms with Gasteiger partial charge < -0.3 is 5.73 Å². The van der Waals surface area contributed by atoms with Crippen molar-refractivity contribution < 1.29 is 0 Å². The van der Waals surface area contributed by atoms with Crippen molar-refractivity contribution in [2.24, 2.45) is 17.6 Å². The molecule has 0 radical (unpaired) electrons. The van der Waals surface area contributed by atoms with Crippen LogP contribution in [0, 0.1) is 11.8 Å². The largest absolute Gasteiger partial charge is 0.325 e. The van der Waals surface area contributed by atoms with E-state index in [0.717, 1.165) is 30.2 Å². The van der Waals surface area contributed by atoms with Crippen LogP contribution in [0.25, 0.3) is 10.2 Å². The van der Waals surface area contributed by atoms with Crippen LogP contribution in [0.3, 0.4) is 0 Å². The molecule has 2 atom stereocenters. The fourth-order valence-electron chi connectivity index (χ4n) is 3.85. The summed E-state index contributed by atoms with van der Waals surface area (Å²) >= 11 is 1.81. The Morgan fingerprint density at radius 2 is 2.19 bits per heavy atom. The van der Waals surface area contributed by atoms with Gasteiger partial charge in [-0.15, -0.1) is 11.3 Å². The van der Waals surface area contributed by atoms with Crippen molar-refractivity contribution in [1.29, 1.82) is 0 Å². The highest BCUT2D eigenvalue weighted by atomic mass is 32.1. The molecular formula is C18H26N2S. The zero-order chi connectivity index (χ0) is 14.9. The zero-order valence-electron chi connectivity index (χ0n) is 13.1. The summed E-state index contributed by atoms with van der Waals surface area (Å²) in [4.78, 5) is 4.78. The average Bonchev–Trinajstić information content (AvgIpc) is 2.78. The lowest BCUT2D eigenvalue weighted by Crippen LogP contribution is -2.46. The van der Waals surface area contributed by atoms with Gasteiger partial charge in [0.05, 0.1) is 15.2 Å². The number of hydrogen-bond acceptors (Lipinski definition) is 3. The van der Waals surface area contributed by atoms with Crippen LogP contribution in [-0.2, 0) is 6.42 Å². The van der Waals surface area contributed by atoms with Gasteiger partial charge in [-0.05, 0) is 43.2 Å². The van der Waals surface area contributed by atoms with Gasteiger partial charge in [0.2, 0.25) is 0 Å². The predicted octanol–water partition coefficient (Wildman–Crippen LogP) is 4.77. The second-order valence-corrected chi connectivity index (χ2v) is 8.32. The van der Waals surface area contributed by atoms with E-state index in [1.165, 1.54) is 35.4 Å². The maximum absolute atomic E-state index is 6.75. The Hall–Kier alpha value is -0.930. The number of fused-ring (bicyclic) bond motifs is 1. The molecule has 1 aromatic carbocycles. The summed E-state index contributed by atoms with van der Waals surface area (Å²) in [6.07, 6.45) is 7.22. The van der Waals surface area contributed by atoms with Crippen molar-refractivity contribution in [3.05, 3.63) is 29.3 Å². The van der Waals surface area contributed by atoms with Crippen molar-refractivity contribution in [2.45, 2.75) is 57.9 Å². The molecule has 0 amide bonds. The van der Waals surface area contributed by atoms with Crippen molar-refractivity contribution in [2.75, 3.05) is 0 Å². The summed E-state index contributed by atoms with van der Waals surface area (Å²) < 4.78 is 1.28. The monoisotopic (exact) mass is 302 g/mol. The Bertz CT molecular complexity index is 571. The first-order chi connectivity index (χ1) is 10.0. The van der Waals surface area contributed by atoms with Gasteiger partial charge in [-0.3, -0.25) is 0 Å². The van der Waals surface area contributed by atoms with Crippen molar-refractivity contribution in [1.82, 2.24) is 4.98 Å². The molecule has 1 saturated carbocycles. The van der Waals surface area contributed by atoms with E-state index in [1.54, 1.807) is 0 Å². The summed E-state index contributed by atoms with van der Waals surface area (Å²) in [5.41, 5.74) is 7.83. The Morgan fingerprint density at radius 1 is 1.38 bits per heavy atom. The Labute approximate surface area is 131 Å². The first-order valence-electron chi connectivity index (χ1n) is 8.17. The van der Waals surface area contributed by atoms with Crippen LogP contribution in [0.2, 0.25) is 0 Å². The summed E-state index contributed by atoms with van der Waals surface area (Å²) in [5, 5.41) is 1.21. The van der Waals surface area contributed by atoms with Gasteiger partial charge in [0, 0.05) is 12.0 Å². The Balaban J connectivity index is 1.72. The molecule has 0 spiro atoms. The highest BCUT2D eigenvalue weighted by molar-refractivity contribution is 7.18. The number of nitrogens with two attached hydrogens (primary N) is 1. The predicted molar refractivity (Wildman–Crippen MR) is 91.7 cm³/mol. The molecule has 2 N–H and O–H groups in total. The molecule has 0 aliphatic heterocycles. The van der Waals surface area contributed by atoms with E-state index in [9.17, 15) is 0 Å². The van der Waals surface area contributed by atoms with Gasteiger partial charge in [0.25, 0.3) is 0 Å². The third-order valence-corrected chi connectivity index (χ3v) is 5.66.